The van der Waals surface area contributed by atoms with Gasteiger partial charge in [0, 0.05) is 24.0 Å². The van der Waals surface area contributed by atoms with Gasteiger partial charge in [-0.05, 0) is 37.8 Å². The number of fused-ring (bicyclic) bond motifs is 1. The molecule has 5 heteroatoms. The van der Waals surface area contributed by atoms with Crippen molar-refractivity contribution >= 4 is 11.6 Å². The summed E-state index contributed by atoms with van der Waals surface area (Å²) >= 11 is 0. The van der Waals surface area contributed by atoms with Gasteiger partial charge in [-0.15, -0.1) is 0 Å². The molecule has 1 aromatic rings. The van der Waals surface area contributed by atoms with Crippen molar-refractivity contribution in [3.8, 4) is 0 Å². The van der Waals surface area contributed by atoms with Gasteiger partial charge < -0.3 is 16.4 Å². The molecular formula is C16H24N4O. The summed E-state index contributed by atoms with van der Waals surface area (Å²) in [6, 6.07) is 1.82. The minimum Gasteiger partial charge on any atom is -0.382 e. The fourth-order valence-corrected chi connectivity index (χ4v) is 3.14. The Labute approximate surface area is 125 Å². The summed E-state index contributed by atoms with van der Waals surface area (Å²) in [4.78, 5) is 16.0. The Morgan fingerprint density at radius 2 is 2.14 bits per heavy atom. The fourth-order valence-electron chi connectivity index (χ4n) is 3.14. The van der Waals surface area contributed by atoms with Crippen molar-refractivity contribution in [1.82, 2.24) is 10.3 Å². The molecule has 0 bridgehead atoms. The lowest BCUT2D eigenvalue weighted by Gasteiger charge is -2.39. The topological polar surface area (TPSA) is 80.0 Å². The number of rotatable bonds is 4. The van der Waals surface area contributed by atoms with E-state index in [0.717, 1.165) is 30.0 Å². The monoisotopic (exact) mass is 288 g/mol. The number of hydrogen-bond acceptors (Lipinski definition) is 4. The molecule has 1 aliphatic carbocycles. The van der Waals surface area contributed by atoms with E-state index in [1.165, 1.54) is 19.3 Å². The number of nitrogens with zero attached hydrogens (tertiary/aromatic N) is 1. The first-order valence-corrected chi connectivity index (χ1v) is 7.64. The van der Waals surface area contributed by atoms with Crippen molar-refractivity contribution in [1.29, 1.82) is 0 Å². The predicted molar refractivity (Wildman–Crippen MR) is 83.4 cm³/mol. The predicted octanol–water partition coefficient (Wildman–Crippen LogP) is 1.92. The van der Waals surface area contributed by atoms with E-state index in [1.54, 1.807) is 0 Å². The van der Waals surface area contributed by atoms with Crippen molar-refractivity contribution < 1.29 is 4.79 Å². The molecule has 1 amide bonds. The van der Waals surface area contributed by atoms with Gasteiger partial charge in [-0.3, -0.25) is 4.79 Å². The number of nitrogens with two attached hydrogens (primary N) is 1. The minimum absolute atomic E-state index is 0.0735. The van der Waals surface area contributed by atoms with Gasteiger partial charge in [0.1, 0.15) is 5.69 Å². The Morgan fingerprint density at radius 1 is 1.43 bits per heavy atom. The quantitative estimate of drug-likeness (QED) is 0.790. The number of carbonyl (C=O) groups is 1. The lowest BCUT2D eigenvalue weighted by molar-refractivity contribution is 0.0995. The third-order valence-corrected chi connectivity index (χ3v) is 4.86. The van der Waals surface area contributed by atoms with Gasteiger partial charge in [0.25, 0.3) is 5.91 Å². The largest absolute Gasteiger partial charge is 0.382 e. The van der Waals surface area contributed by atoms with Crippen molar-refractivity contribution in [3.63, 3.8) is 0 Å². The normalized spacial score (nSPS) is 21.3. The second-order valence-corrected chi connectivity index (χ2v) is 7.26. The van der Waals surface area contributed by atoms with Gasteiger partial charge in [0.05, 0.1) is 11.4 Å². The molecule has 21 heavy (non-hydrogen) atoms. The Balaban J connectivity index is 1.93. The highest BCUT2D eigenvalue weighted by Crippen LogP contribution is 2.38. The number of pyridine rings is 1. The van der Waals surface area contributed by atoms with E-state index in [9.17, 15) is 4.79 Å². The van der Waals surface area contributed by atoms with E-state index in [2.05, 4.69) is 36.4 Å². The third-order valence-electron chi connectivity index (χ3n) is 4.86. The highest BCUT2D eigenvalue weighted by atomic mass is 16.1. The summed E-state index contributed by atoms with van der Waals surface area (Å²) in [7, 11) is 0. The molecule has 4 N–H and O–H groups in total. The van der Waals surface area contributed by atoms with Crippen LogP contribution in [0.3, 0.4) is 0 Å². The SMILES string of the molecule is CC1(NCc2cc(C(N)=O)nc3c2NCC3(C)C)CCC1. The van der Waals surface area contributed by atoms with Crippen LogP contribution in [0.25, 0.3) is 0 Å². The zero-order chi connectivity index (χ0) is 15.3. The summed E-state index contributed by atoms with van der Waals surface area (Å²) in [6.07, 6.45) is 3.71. The highest BCUT2D eigenvalue weighted by molar-refractivity contribution is 5.91. The smallest absolute Gasteiger partial charge is 0.267 e. The van der Waals surface area contributed by atoms with E-state index < -0.39 is 5.91 Å². The van der Waals surface area contributed by atoms with Crippen LogP contribution in [-0.4, -0.2) is 23.0 Å². The Kier molecular flexibility index (Phi) is 3.20. The van der Waals surface area contributed by atoms with Crippen molar-refractivity contribution in [2.24, 2.45) is 5.73 Å². The number of amides is 1. The van der Waals surface area contributed by atoms with Crippen LogP contribution in [0, 0.1) is 0 Å². The Morgan fingerprint density at radius 3 is 2.71 bits per heavy atom. The maximum Gasteiger partial charge on any atom is 0.267 e. The molecule has 2 aliphatic rings. The van der Waals surface area contributed by atoms with E-state index in [1.807, 2.05) is 6.07 Å². The van der Waals surface area contributed by atoms with Crippen LogP contribution in [0.4, 0.5) is 5.69 Å². The zero-order valence-corrected chi connectivity index (χ0v) is 13.0. The number of nitrogens with one attached hydrogen (secondary N) is 2. The first-order chi connectivity index (χ1) is 9.81. The molecule has 1 saturated carbocycles. The second-order valence-electron chi connectivity index (χ2n) is 7.26. The van der Waals surface area contributed by atoms with E-state index >= 15 is 0 Å². The van der Waals surface area contributed by atoms with Gasteiger partial charge in [-0.1, -0.05) is 13.8 Å². The highest BCUT2D eigenvalue weighted by Gasteiger charge is 2.35. The second kappa shape index (κ2) is 4.70. The Bertz CT molecular complexity index is 590. The van der Waals surface area contributed by atoms with Crippen LogP contribution in [0.5, 0.6) is 0 Å². The van der Waals surface area contributed by atoms with Crippen LogP contribution < -0.4 is 16.4 Å². The molecule has 0 atom stereocenters. The third kappa shape index (κ3) is 2.50. The number of aromatic nitrogens is 1. The summed E-state index contributed by atoms with van der Waals surface area (Å²) in [6.45, 7) is 8.10. The molecule has 3 rings (SSSR count). The number of carbonyl (C=O) groups excluding carboxylic acids is 1. The van der Waals surface area contributed by atoms with Crippen molar-refractivity contribution in [3.05, 3.63) is 23.0 Å². The molecule has 0 radical (unpaired) electrons. The van der Waals surface area contributed by atoms with Gasteiger partial charge in [0.2, 0.25) is 0 Å². The van der Waals surface area contributed by atoms with E-state index in [4.69, 9.17) is 5.73 Å². The molecular weight excluding hydrogens is 264 g/mol. The van der Waals surface area contributed by atoms with Crippen LogP contribution in [0.15, 0.2) is 6.07 Å². The molecule has 1 fully saturated rings. The summed E-state index contributed by atoms with van der Waals surface area (Å²) in [5, 5.41) is 7.06. The first kappa shape index (κ1) is 14.3. The standard InChI is InChI=1S/C16H24N4O/c1-15(2)9-18-12-10(8-19-16(3)5-4-6-16)7-11(14(17)21)20-13(12)15/h7,18-19H,4-6,8-9H2,1-3H3,(H2,17,21). The van der Waals surface area contributed by atoms with Gasteiger partial charge in [0.15, 0.2) is 0 Å². The number of hydrogen-bond donors (Lipinski definition) is 3. The van der Waals surface area contributed by atoms with Crippen molar-refractivity contribution in [2.45, 2.75) is 57.5 Å². The zero-order valence-electron chi connectivity index (χ0n) is 13.0. The summed E-state index contributed by atoms with van der Waals surface area (Å²) in [5.74, 6) is -0.461. The average Bonchev–Trinajstić information content (AvgIpc) is 2.70. The van der Waals surface area contributed by atoms with Gasteiger partial charge >= 0.3 is 0 Å². The van der Waals surface area contributed by atoms with Crippen LogP contribution in [0.1, 0.15) is 61.8 Å². The lowest BCUT2D eigenvalue weighted by atomic mass is 9.78. The summed E-state index contributed by atoms with van der Waals surface area (Å²) < 4.78 is 0. The molecule has 0 aromatic carbocycles. The van der Waals surface area contributed by atoms with Crippen LogP contribution in [0.2, 0.25) is 0 Å². The summed E-state index contributed by atoms with van der Waals surface area (Å²) in [5.41, 5.74) is 9.08. The maximum absolute atomic E-state index is 11.6. The van der Waals surface area contributed by atoms with E-state index in [0.29, 0.717) is 5.69 Å². The molecule has 114 valence electrons. The van der Waals surface area contributed by atoms with Crippen LogP contribution >= 0.6 is 0 Å². The van der Waals surface area contributed by atoms with E-state index in [-0.39, 0.29) is 11.0 Å². The number of primary amides is 1. The lowest BCUT2D eigenvalue weighted by Crippen LogP contribution is -2.47. The molecule has 5 nitrogen and oxygen atoms in total. The molecule has 0 spiro atoms. The minimum atomic E-state index is -0.461. The number of anilines is 1. The molecule has 2 heterocycles. The molecule has 1 aromatic heterocycles. The molecule has 1 aliphatic heterocycles. The maximum atomic E-state index is 11.6. The Hall–Kier alpha value is -1.62. The van der Waals surface area contributed by atoms with Gasteiger partial charge in [-0.2, -0.15) is 0 Å². The van der Waals surface area contributed by atoms with Crippen LogP contribution in [-0.2, 0) is 12.0 Å². The molecule has 0 saturated heterocycles. The average molecular weight is 288 g/mol. The van der Waals surface area contributed by atoms with Crippen molar-refractivity contribution in [2.75, 3.05) is 11.9 Å². The first-order valence-electron chi connectivity index (χ1n) is 7.64. The van der Waals surface area contributed by atoms with Gasteiger partial charge in [-0.25, -0.2) is 4.98 Å². The fraction of sp³-hybridized carbons (Fsp3) is 0.625. The molecule has 0 unspecified atom stereocenters.